The molecule has 0 radical (unpaired) electrons. The molecule has 0 saturated heterocycles. The Morgan fingerprint density at radius 3 is 2.26 bits per heavy atom. The Kier molecular flexibility index (Phi) is 18.3. The highest BCUT2D eigenvalue weighted by atomic mass is 32.1. The molecule has 12 nitrogen and oxygen atoms in total. The first kappa shape index (κ1) is 45.1. The Hall–Kier alpha value is -4.10. The monoisotopic (exact) mass is 755 g/mol. The summed E-state index contributed by atoms with van der Waals surface area (Å²) in [5.41, 5.74) is 0.653. The second-order valence-electron chi connectivity index (χ2n) is 14.6. The van der Waals surface area contributed by atoms with Gasteiger partial charge in [0.15, 0.2) is 6.10 Å². The number of carbonyl (C=O) groups is 5. The minimum atomic E-state index is -1.18. The molecule has 0 saturated carbocycles. The van der Waals surface area contributed by atoms with Gasteiger partial charge < -0.3 is 30.6 Å². The van der Waals surface area contributed by atoms with E-state index < -0.39 is 47.6 Å². The first-order valence-corrected chi connectivity index (χ1v) is 19.5. The van der Waals surface area contributed by atoms with Crippen LogP contribution >= 0.6 is 11.3 Å². The van der Waals surface area contributed by atoms with Crippen molar-refractivity contribution in [2.45, 2.75) is 111 Å². The molecule has 0 aliphatic rings. The molecule has 0 aliphatic carbocycles. The number of rotatable bonds is 23. The Bertz CT molecular complexity index is 1520. The fourth-order valence-corrected chi connectivity index (χ4v) is 6.99. The largest absolute Gasteiger partial charge is 0.481 e. The molecule has 1 heterocycles. The molecule has 0 spiro atoms. The summed E-state index contributed by atoms with van der Waals surface area (Å²) in [6.45, 7) is 20.3. The number of aliphatic carboxylic acids is 1. The van der Waals surface area contributed by atoms with Crippen molar-refractivity contribution in [1.82, 2.24) is 25.8 Å². The molecule has 0 fully saturated rings. The fourth-order valence-electron chi connectivity index (χ4n) is 6.15. The van der Waals surface area contributed by atoms with Crippen molar-refractivity contribution in [3.8, 4) is 0 Å². The lowest BCUT2D eigenvalue weighted by Gasteiger charge is -2.43. The molecule has 7 atom stereocenters. The van der Waals surface area contributed by atoms with Crippen LogP contribution in [0.4, 0.5) is 4.79 Å². The van der Waals surface area contributed by atoms with Gasteiger partial charge in [0.2, 0.25) is 5.91 Å². The number of hydrogen-bond donors (Lipinski definition) is 4. The number of ether oxygens (including phenoxy) is 1. The van der Waals surface area contributed by atoms with E-state index in [-0.39, 0.29) is 48.7 Å². The summed E-state index contributed by atoms with van der Waals surface area (Å²) in [7, 11) is 1.45. The number of hydrogen-bond acceptors (Lipinski definition) is 9. The third kappa shape index (κ3) is 13.4. The molecule has 0 unspecified atom stereocenters. The van der Waals surface area contributed by atoms with Gasteiger partial charge >= 0.3 is 12.1 Å². The molecular formula is C40H61N5O7S. The van der Waals surface area contributed by atoms with Crippen molar-refractivity contribution in [1.29, 1.82) is 0 Å². The second kappa shape index (κ2) is 21.6. The smallest absolute Gasteiger partial charge is 0.407 e. The van der Waals surface area contributed by atoms with Gasteiger partial charge in [-0.15, -0.1) is 11.3 Å². The predicted molar refractivity (Wildman–Crippen MR) is 209 cm³/mol. The van der Waals surface area contributed by atoms with E-state index in [2.05, 4.69) is 32.4 Å². The lowest BCUT2D eigenvalue weighted by Crippen LogP contribution is -2.63. The normalized spacial score (nSPS) is 16.0. The minimum absolute atomic E-state index is 0.0853. The molecule has 4 N–H and O–H groups in total. The molecule has 3 amide bonds. The molecule has 0 aliphatic heterocycles. The number of nitrogens with zero attached hydrogens (tertiary/aromatic N) is 2. The van der Waals surface area contributed by atoms with Gasteiger partial charge in [0, 0.05) is 43.4 Å². The average Bonchev–Trinajstić information content (AvgIpc) is 3.62. The molecule has 2 aromatic rings. The number of alkyl carbamates (subject to hydrolysis) is 1. The molecule has 294 valence electrons. The lowest BCUT2D eigenvalue weighted by molar-refractivity contribution is -0.141. The summed E-state index contributed by atoms with van der Waals surface area (Å²) in [5.74, 6) is -2.69. The molecule has 13 heteroatoms. The van der Waals surface area contributed by atoms with Crippen LogP contribution in [0.3, 0.4) is 0 Å². The Morgan fingerprint density at radius 1 is 1.08 bits per heavy atom. The zero-order valence-corrected chi connectivity index (χ0v) is 33.8. The van der Waals surface area contributed by atoms with Crippen molar-refractivity contribution >= 4 is 41.5 Å². The van der Waals surface area contributed by atoms with Crippen LogP contribution in [0.2, 0.25) is 0 Å². The number of carboxylic acid groups (broad SMARTS) is 1. The van der Waals surface area contributed by atoms with Gasteiger partial charge in [0.05, 0.1) is 5.92 Å². The summed E-state index contributed by atoms with van der Waals surface area (Å²) in [4.78, 5) is 71.1. The van der Waals surface area contributed by atoms with Crippen molar-refractivity contribution in [2.75, 3.05) is 20.1 Å². The highest BCUT2D eigenvalue weighted by Crippen LogP contribution is 2.32. The number of thiazole rings is 1. The van der Waals surface area contributed by atoms with Crippen LogP contribution in [0, 0.1) is 23.7 Å². The van der Waals surface area contributed by atoms with E-state index in [4.69, 9.17) is 4.74 Å². The van der Waals surface area contributed by atoms with E-state index in [0.29, 0.717) is 24.4 Å². The molecule has 0 bridgehead atoms. The van der Waals surface area contributed by atoms with Gasteiger partial charge in [-0.25, -0.2) is 9.78 Å². The van der Waals surface area contributed by atoms with E-state index in [1.807, 2.05) is 78.8 Å². The zero-order chi connectivity index (χ0) is 39.9. The number of carboxylic acids is 1. The number of aldehydes is 1. The maximum absolute atomic E-state index is 13.6. The first-order chi connectivity index (χ1) is 25.0. The van der Waals surface area contributed by atoms with Crippen LogP contribution in [0.1, 0.15) is 108 Å². The van der Waals surface area contributed by atoms with Crippen LogP contribution in [0.15, 0.2) is 47.9 Å². The number of aromatic nitrogens is 1. The Balaban J connectivity index is 2.47. The third-order valence-corrected chi connectivity index (χ3v) is 11.0. The summed E-state index contributed by atoms with van der Waals surface area (Å²) in [6.07, 6.45) is 1.56. The Labute approximate surface area is 319 Å². The maximum atomic E-state index is 13.6. The van der Waals surface area contributed by atoms with Gasteiger partial charge in [0.1, 0.15) is 22.5 Å². The zero-order valence-electron chi connectivity index (χ0n) is 32.9. The quantitative estimate of drug-likeness (QED) is 0.0738. The van der Waals surface area contributed by atoms with E-state index in [1.54, 1.807) is 12.3 Å². The molecule has 53 heavy (non-hydrogen) atoms. The predicted octanol–water partition coefficient (Wildman–Crippen LogP) is 6.43. The molecule has 2 rings (SSSR count). The van der Waals surface area contributed by atoms with E-state index in [1.165, 1.54) is 18.4 Å². The molecule has 1 aromatic carbocycles. The van der Waals surface area contributed by atoms with E-state index >= 15 is 0 Å². The first-order valence-electron chi connectivity index (χ1n) is 18.6. The van der Waals surface area contributed by atoms with Gasteiger partial charge in [0.25, 0.3) is 5.91 Å². The van der Waals surface area contributed by atoms with Gasteiger partial charge in [-0.3, -0.25) is 19.3 Å². The van der Waals surface area contributed by atoms with Crippen LogP contribution in [-0.4, -0.2) is 82.9 Å². The van der Waals surface area contributed by atoms with Crippen LogP contribution in [0.25, 0.3) is 0 Å². The molecular weight excluding hydrogens is 695 g/mol. The van der Waals surface area contributed by atoms with Crippen molar-refractivity contribution in [3.05, 3.63) is 64.1 Å². The summed E-state index contributed by atoms with van der Waals surface area (Å²) < 4.78 is 5.87. The second-order valence-corrected chi connectivity index (χ2v) is 15.5. The van der Waals surface area contributed by atoms with Crippen molar-refractivity contribution in [3.63, 3.8) is 0 Å². The topological polar surface area (TPSA) is 167 Å². The van der Waals surface area contributed by atoms with E-state index in [0.717, 1.165) is 23.8 Å². The van der Waals surface area contributed by atoms with Crippen molar-refractivity contribution in [2.24, 2.45) is 23.7 Å². The number of amides is 3. The van der Waals surface area contributed by atoms with Crippen LogP contribution in [0.5, 0.6) is 0 Å². The van der Waals surface area contributed by atoms with Gasteiger partial charge in [-0.1, -0.05) is 97.4 Å². The molecule has 1 aromatic heterocycles. The lowest BCUT2D eigenvalue weighted by atomic mass is 9.82. The minimum Gasteiger partial charge on any atom is -0.481 e. The fraction of sp³-hybridized carbons (Fsp3) is 0.600. The van der Waals surface area contributed by atoms with Gasteiger partial charge in [-0.2, -0.15) is 0 Å². The summed E-state index contributed by atoms with van der Waals surface area (Å²) >= 11 is 1.18. The number of benzene rings is 1. The third-order valence-electron chi connectivity index (χ3n) is 10.1. The highest BCUT2D eigenvalue weighted by molar-refractivity contribution is 7.09. The number of nitrogens with one attached hydrogen (secondary N) is 3. The van der Waals surface area contributed by atoms with E-state index in [9.17, 15) is 29.1 Å². The summed E-state index contributed by atoms with van der Waals surface area (Å²) in [6, 6.07) is 8.65. The Morgan fingerprint density at radius 2 is 1.74 bits per heavy atom. The number of carbonyl (C=O) groups excluding carboxylic acids is 4. The summed E-state index contributed by atoms with van der Waals surface area (Å²) in [5, 5.41) is 20.2. The maximum Gasteiger partial charge on any atom is 0.407 e. The van der Waals surface area contributed by atoms with Crippen molar-refractivity contribution < 1.29 is 33.8 Å². The highest BCUT2D eigenvalue weighted by Gasteiger charge is 2.42. The SMILES string of the molecule is C=C(C)[C@@H](C[C@@H](OC(=O)NC)c1nc(C(=O)N[C@@H](Cc2ccccc2)C[C@H](C)C(=O)O)cs1)N(CCC)C[C@@](C=O)(NC(=O)[C@H](C)C(C)C)[C@@H](C)CC. The van der Waals surface area contributed by atoms with Gasteiger partial charge in [-0.05, 0) is 50.1 Å². The standard InChI is InChI=1S/C40H61N5O7S/c1-11-18-45(23-40(24-46,28(8)12-2)44-35(47)29(9)25(3)4)33(26(5)6)21-34(52-39(51)41-10)37-43-32(22-53-37)36(48)42-31(19-27(7)38(49)50)20-30-16-14-13-15-17-30/h13-17,22,24-25,27-29,31,33-34H,5,11-12,18-21,23H2,1-4,6-10H3,(H,41,51)(H,42,48)(H,44,47)(H,49,50)/t27-,28-,29+,31+,33+,34+,40-/m0/s1. The van der Waals surface area contributed by atoms with Crippen LogP contribution < -0.4 is 16.0 Å². The average molecular weight is 756 g/mol. The van der Waals surface area contributed by atoms with Crippen LogP contribution in [-0.2, 0) is 25.5 Å².